The minimum atomic E-state index is -1.08. The van der Waals surface area contributed by atoms with Crippen molar-refractivity contribution in [2.45, 2.75) is 25.3 Å². The summed E-state index contributed by atoms with van der Waals surface area (Å²) in [4.78, 5) is 40.5. The average Bonchev–Trinajstić information content (AvgIpc) is 3.50. The lowest BCUT2D eigenvalue weighted by Gasteiger charge is -2.25. The van der Waals surface area contributed by atoms with Gasteiger partial charge in [0.25, 0.3) is 5.91 Å². The molecule has 0 radical (unpaired) electrons. The number of carboxylic acid groups (broad SMARTS) is 1. The summed E-state index contributed by atoms with van der Waals surface area (Å²) in [7, 11) is 1.57. The Morgan fingerprint density at radius 1 is 0.833 bits per heavy atom. The Kier molecular flexibility index (Phi) is 8.82. The Morgan fingerprint density at radius 2 is 1.45 bits per heavy atom. The third-order valence-electron chi connectivity index (χ3n) is 7.31. The largest absolute Gasteiger partial charge is 0.491 e. The fourth-order valence-electron chi connectivity index (χ4n) is 5.01. The molecule has 0 bridgehead atoms. The number of carboxylic acids is 1. The smallest absolute Gasteiger partial charge is 0.337 e. The van der Waals surface area contributed by atoms with Crippen LogP contribution in [0.3, 0.4) is 0 Å². The van der Waals surface area contributed by atoms with E-state index in [-0.39, 0.29) is 29.8 Å². The van der Waals surface area contributed by atoms with Gasteiger partial charge in [-0.05, 0) is 79.1 Å². The van der Waals surface area contributed by atoms with Gasteiger partial charge in [0.1, 0.15) is 23.9 Å². The highest BCUT2D eigenvalue weighted by molar-refractivity contribution is 6.02. The minimum Gasteiger partial charge on any atom is -0.491 e. The van der Waals surface area contributed by atoms with Crippen LogP contribution in [0.5, 0.6) is 17.2 Å². The van der Waals surface area contributed by atoms with E-state index < -0.39 is 5.97 Å². The number of aromatic carboxylic acids is 1. The summed E-state index contributed by atoms with van der Waals surface area (Å²) in [5.41, 5.74) is 1.90. The highest BCUT2D eigenvalue weighted by Gasteiger charge is 2.30. The molecule has 214 valence electrons. The number of amides is 2. The Hall–Kier alpha value is -5.11. The molecule has 0 spiro atoms. The SMILES string of the molecule is CN(C(=O)Cc1ccc(Oc2ccc(OC[C@@H]3CCCN3C(=O)c3ccccc3)cc2)cc1)c1ccccc1C(=O)O. The quantitative estimate of drug-likeness (QED) is 0.251. The number of likely N-dealkylation sites (tertiary alicyclic amines) is 1. The van der Waals surface area contributed by atoms with E-state index in [1.54, 1.807) is 37.4 Å². The lowest BCUT2D eigenvalue weighted by atomic mass is 10.1. The number of likely N-dealkylation sites (N-methyl/N-ethyl adjacent to an activating group) is 1. The highest BCUT2D eigenvalue weighted by atomic mass is 16.5. The van der Waals surface area contributed by atoms with Crippen molar-refractivity contribution >= 4 is 23.5 Å². The molecule has 0 aliphatic carbocycles. The van der Waals surface area contributed by atoms with Crippen molar-refractivity contribution in [3.63, 3.8) is 0 Å². The zero-order chi connectivity index (χ0) is 29.5. The van der Waals surface area contributed by atoms with E-state index in [0.29, 0.717) is 35.1 Å². The average molecular weight is 565 g/mol. The van der Waals surface area contributed by atoms with Gasteiger partial charge in [0.2, 0.25) is 5.91 Å². The number of anilines is 1. The second-order valence-electron chi connectivity index (χ2n) is 10.1. The molecule has 8 nitrogen and oxygen atoms in total. The van der Waals surface area contributed by atoms with E-state index in [1.165, 1.54) is 11.0 Å². The van der Waals surface area contributed by atoms with Crippen molar-refractivity contribution in [3.8, 4) is 17.2 Å². The van der Waals surface area contributed by atoms with Gasteiger partial charge in [0.15, 0.2) is 0 Å². The number of ether oxygens (including phenoxy) is 2. The van der Waals surface area contributed by atoms with Crippen LogP contribution in [0.1, 0.15) is 39.1 Å². The number of carbonyl (C=O) groups excluding carboxylic acids is 2. The molecule has 4 aromatic rings. The molecule has 0 saturated carbocycles. The molecular weight excluding hydrogens is 532 g/mol. The van der Waals surface area contributed by atoms with E-state index >= 15 is 0 Å². The summed E-state index contributed by atoms with van der Waals surface area (Å²) in [6.07, 6.45) is 1.99. The first-order valence-corrected chi connectivity index (χ1v) is 13.8. The van der Waals surface area contributed by atoms with Gasteiger partial charge in [0.05, 0.1) is 23.7 Å². The molecule has 5 rings (SSSR count). The number of hydrogen-bond acceptors (Lipinski definition) is 5. The summed E-state index contributed by atoms with van der Waals surface area (Å²) < 4.78 is 12.0. The lowest BCUT2D eigenvalue weighted by molar-refractivity contribution is -0.117. The van der Waals surface area contributed by atoms with Gasteiger partial charge in [-0.15, -0.1) is 0 Å². The Bertz CT molecular complexity index is 1540. The maximum Gasteiger partial charge on any atom is 0.337 e. The number of benzene rings is 4. The third-order valence-corrected chi connectivity index (χ3v) is 7.31. The zero-order valence-electron chi connectivity index (χ0n) is 23.3. The molecule has 1 fully saturated rings. The minimum absolute atomic E-state index is 0.0331. The van der Waals surface area contributed by atoms with Crippen molar-refractivity contribution in [1.82, 2.24) is 4.90 Å². The predicted octanol–water partition coefficient (Wildman–Crippen LogP) is 6.07. The van der Waals surface area contributed by atoms with Gasteiger partial charge in [-0.3, -0.25) is 9.59 Å². The fourth-order valence-corrected chi connectivity index (χ4v) is 5.01. The first-order chi connectivity index (χ1) is 20.4. The van der Waals surface area contributed by atoms with Gasteiger partial charge >= 0.3 is 5.97 Å². The number of para-hydroxylation sites is 1. The first-order valence-electron chi connectivity index (χ1n) is 13.8. The van der Waals surface area contributed by atoms with Crippen molar-refractivity contribution in [2.75, 3.05) is 25.1 Å². The van der Waals surface area contributed by atoms with Gasteiger partial charge in [0, 0.05) is 19.2 Å². The topological polar surface area (TPSA) is 96.4 Å². The van der Waals surface area contributed by atoms with Gasteiger partial charge in [-0.25, -0.2) is 4.79 Å². The number of nitrogens with zero attached hydrogens (tertiary/aromatic N) is 2. The van der Waals surface area contributed by atoms with Gasteiger partial charge in [-0.2, -0.15) is 0 Å². The first kappa shape index (κ1) is 28.4. The van der Waals surface area contributed by atoms with Crippen LogP contribution >= 0.6 is 0 Å². The summed E-state index contributed by atoms with van der Waals surface area (Å²) in [5, 5.41) is 9.42. The summed E-state index contributed by atoms with van der Waals surface area (Å²) in [5.74, 6) is 0.684. The summed E-state index contributed by atoms with van der Waals surface area (Å²) in [6, 6.07) is 30.3. The van der Waals surface area contributed by atoms with Crippen molar-refractivity contribution in [2.24, 2.45) is 0 Å². The molecule has 1 aliphatic heterocycles. The second kappa shape index (κ2) is 13.0. The normalized spacial score (nSPS) is 14.3. The van der Waals surface area contributed by atoms with Crippen LogP contribution in [0.2, 0.25) is 0 Å². The monoisotopic (exact) mass is 564 g/mol. The molecule has 1 saturated heterocycles. The van der Waals surface area contributed by atoms with Crippen molar-refractivity contribution < 1.29 is 29.0 Å². The second-order valence-corrected chi connectivity index (χ2v) is 10.1. The van der Waals surface area contributed by atoms with Gasteiger partial charge < -0.3 is 24.4 Å². The molecule has 1 N–H and O–H groups in total. The molecule has 2 amide bonds. The van der Waals surface area contributed by atoms with Crippen LogP contribution in [0.15, 0.2) is 103 Å². The maximum atomic E-state index is 12.9. The fraction of sp³-hybridized carbons (Fsp3) is 0.206. The van der Waals surface area contributed by atoms with Crippen LogP contribution in [0.4, 0.5) is 5.69 Å². The van der Waals surface area contributed by atoms with Crippen LogP contribution in [-0.4, -0.2) is 54.0 Å². The molecule has 42 heavy (non-hydrogen) atoms. The zero-order valence-corrected chi connectivity index (χ0v) is 23.3. The molecule has 1 heterocycles. The molecule has 1 aliphatic rings. The third kappa shape index (κ3) is 6.78. The molecule has 0 unspecified atom stereocenters. The highest BCUT2D eigenvalue weighted by Crippen LogP contribution is 2.26. The molecule has 8 heteroatoms. The van der Waals surface area contributed by atoms with E-state index in [2.05, 4.69) is 0 Å². The van der Waals surface area contributed by atoms with Crippen LogP contribution in [0.25, 0.3) is 0 Å². The van der Waals surface area contributed by atoms with Crippen LogP contribution in [0, 0.1) is 0 Å². The van der Waals surface area contributed by atoms with E-state index in [0.717, 1.165) is 24.9 Å². The van der Waals surface area contributed by atoms with E-state index in [9.17, 15) is 19.5 Å². The Morgan fingerprint density at radius 3 is 2.14 bits per heavy atom. The molecule has 1 atom stereocenters. The van der Waals surface area contributed by atoms with Crippen molar-refractivity contribution in [1.29, 1.82) is 0 Å². The van der Waals surface area contributed by atoms with Crippen LogP contribution in [-0.2, 0) is 11.2 Å². The Balaban J connectivity index is 1.12. The standard InChI is InChI=1S/C34H32N2O6/c1-35(31-12-6-5-11-30(31)34(39)40)32(37)22-24-13-15-28(16-14-24)42-29-19-17-27(18-20-29)41-23-26-10-7-21-36(26)33(38)25-8-3-2-4-9-25/h2-6,8-9,11-20,26H,7,10,21-23H2,1H3,(H,39,40)/t26-/m0/s1. The van der Waals surface area contributed by atoms with Gasteiger partial charge in [-0.1, -0.05) is 42.5 Å². The predicted molar refractivity (Wildman–Crippen MR) is 159 cm³/mol. The summed E-state index contributed by atoms with van der Waals surface area (Å²) in [6.45, 7) is 1.16. The van der Waals surface area contributed by atoms with E-state index in [4.69, 9.17) is 9.47 Å². The number of rotatable bonds is 10. The van der Waals surface area contributed by atoms with Crippen LogP contribution < -0.4 is 14.4 Å². The number of carbonyl (C=O) groups is 3. The maximum absolute atomic E-state index is 12.9. The van der Waals surface area contributed by atoms with E-state index in [1.807, 2.05) is 71.6 Å². The van der Waals surface area contributed by atoms with Crippen molar-refractivity contribution in [3.05, 3.63) is 120 Å². The Labute approximate surface area is 244 Å². The lowest BCUT2D eigenvalue weighted by Crippen LogP contribution is -2.39. The summed E-state index contributed by atoms with van der Waals surface area (Å²) >= 11 is 0. The molecule has 4 aromatic carbocycles. The molecule has 0 aromatic heterocycles. The molecular formula is C34H32N2O6. The number of hydrogen-bond donors (Lipinski definition) is 1.